The lowest BCUT2D eigenvalue weighted by molar-refractivity contribution is -0.135. The lowest BCUT2D eigenvalue weighted by Gasteiger charge is -2.05. The fourth-order valence-corrected chi connectivity index (χ4v) is 1.54. The molecule has 1 aromatic carbocycles. The number of fused-ring (bicyclic) bond motifs is 1. The smallest absolute Gasteiger partial charge is 0.322 e. The summed E-state index contributed by atoms with van der Waals surface area (Å²) >= 11 is 0. The highest BCUT2D eigenvalue weighted by Gasteiger charge is 2.11. The standard InChI is InChI=1S/C12H10N2O3/c15-10(16)7-14-12(17)9-5-1-3-8-4-2-6-13-11(8)9/h1-6H,7H2,(H,14,17)(H,15,16). The van der Waals surface area contributed by atoms with Crippen LogP contribution in [0.1, 0.15) is 10.4 Å². The number of hydrogen-bond acceptors (Lipinski definition) is 3. The summed E-state index contributed by atoms with van der Waals surface area (Å²) in [5, 5.41) is 11.6. The molecule has 1 heterocycles. The molecule has 5 nitrogen and oxygen atoms in total. The first-order valence-electron chi connectivity index (χ1n) is 5.02. The van der Waals surface area contributed by atoms with Crippen molar-refractivity contribution in [2.24, 2.45) is 0 Å². The zero-order valence-corrected chi connectivity index (χ0v) is 8.88. The van der Waals surface area contributed by atoms with Gasteiger partial charge in [-0.05, 0) is 12.1 Å². The number of benzene rings is 1. The first-order valence-corrected chi connectivity index (χ1v) is 5.02. The van der Waals surface area contributed by atoms with Crippen molar-refractivity contribution in [1.29, 1.82) is 0 Å². The third-order valence-corrected chi connectivity index (χ3v) is 2.28. The summed E-state index contributed by atoms with van der Waals surface area (Å²) in [6.07, 6.45) is 1.59. The number of hydrogen-bond donors (Lipinski definition) is 2. The molecule has 1 amide bonds. The number of amides is 1. The topological polar surface area (TPSA) is 79.3 Å². The van der Waals surface area contributed by atoms with Crippen LogP contribution in [0, 0.1) is 0 Å². The molecular weight excluding hydrogens is 220 g/mol. The van der Waals surface area contributed by atoms with Gasteiger partial charge in [-0.25, -0.2) is 0 Å². The molecule has 0 aliphatic carbocycles. The number of nitrogens with one attached hydrogen (secondary N) is 1. The fourth-order valence-electron chi connectivity index (χ4n) is 1.54. The van der Waals surface area contributed by atoms with Crippen molar-refractivity contribution in [2.45, 2.75) is 0 Å². The Bertz CT molecular complexity index is 575. The molecule has 1 aromatic heterocycles. The fraction of sp³-hybridized carbons (Fsp3) is 0.0833. The van der Waals surface area contributed by atoms with Gasteiger partial charge in [-0.15, -0.1) is 0 Å². The van der Waals surface area contributed by atoms with Crippen LogP contribution in [-0.2, 0) is 4.79 Å². The average molecular weight is 230 g/mol. The van der Waals surface area contributed by atoms with Crippen LogP contribution in [0.25, 0.3) is 10.9 Å². The van der Waals surface area contributed by atoms with Crippen molar-refractivity contribution >= 4 is 22.8 Å². The van der Waals surface area contributed by atoms with Crippen LogP contribution in [0.2, 0.25) is 0 Å². The van der Waals surface area contributed by atoms with E-state index >= 15 is 0 Å². The van der Waals surface area contributed by atoms with Crippen LogP contribution < -0.4 is 5.32 Å². The number of carbonyl (C=O) groups excluding carboxylic acids is 1. The molecule has 0 aliphatic rings. The largest absolute Gasteiger partial charge is 0.480 e. The van der Waals surface area contributed by atoms with Crippen molar-refractivity contribution in [3.63, 3.8) is 0 Å². The summed E-state index contributed by atoms with van der Waals surface area (Å²) in [4.78, 5) is 26.2. The Morgan fingerprint density at radius 1 is 1.24 bits per heavy atom. The van der Waals surface area contributed by atoms with Crippen molar-refractivity contribution in [2.75, 3.05) is 6.54 Å². The maximum atomic E-state index is 11.7. The second kappa shape index (κ2) is 4.61. The normalized spacial score (nSPS) is 10.1. The van der Waals surface area contributed by atoms with Gasteiger partial charge in [0.15, 0.2) is 0 Å². The van der Waals surface area contributed by atoms with Gasteiger partial charge >= 0.3 is 5.97 Å². The van der Waals surface area contributed by atoms with E-state index in [0.717, 1.165) is 5.39 Å². The third-order valence-electron chi connectivity index (χ3n) is 2.28. The monoisotopic (exact) mass is 230 g/mol. The Hall–Kier alpha value is -2.43. The van der Waals surface area contributed by atoms with Crippen molar-refractivity contribution in [3.8, 4) is 0 Å². The average Bonchev–Trinajstić information content (AvgIpc) is 2.35. The van der Waals surface area contributed by atoms with E-state index < -0.39 is 18.4 Å². The summed E-state index contributed by atoms with van der Waals surface area (Å²) < 4.78 is 0. The number of nitrogens with zero attached hydrogens (tertiary/aromatic N) is 1. The molecule has 2 aromatic rings. The van der Waals surface area contributed by atoms with Crippen LogP contribution in [0.3, 0.4) is 0 Å². The van der Waals surface area contributed by atoms with Gasteiger partial charge in [0.1, 0.15) is 6.54 Å². The third kappa shape index (κ3) is 2.39. The molecule has 2 rings (SSSR count). The van der Waals surface area contributed by atoms with Crippen LogP contribution in [0.15, 0.2) is 36.5 Å². The number of para-hydroxylation sites is 1. The van der Waals surface area contributed by atoms with Crippen LogP contribution in [-0.4, -0.2) is 28.5 Å². The predicted molar refractivity (Wildman–Crippen MR) is 61.7 cm³/mol. The van der Waals surface area contributed by atoms with Gasteiger partial charge in [-0.1, -0.05) is 18.2 Å². The maximum absolute atomic E-state index is 11.7. The van der Waals surface area contributed by atoms with Gasteiger partial charge in [-0.2, -0.15) is 0 Å². The molecule has 0 saturated heterocycles. The molecule has 0 spiro atoms. The molecule has 5 heteroatoms. The van der Waals surface area contributed by atoms with Gasteiger partial charge in [0.05, 0.1) is 11.1 Å². The summed E-state index contributed by atoms with van der Waals surface area (Å²) in [5.74, 6) is -1.51. The Morgan fingerprint density at radius 2 is 2.00 bits per heavy atom. The lowest BCUT2D eigenvalue weighted by Crippen LogP contribution is -2.29. The predicted octanol–water partition coefficient (Wildman–Crippen LogP) is 1.05. The van der Waals surface area contributed by atoms with E-state index in [1.165, 1.54) is 0 Å². The molecule has 0 fully saturated rings. The van der Waals surface area contributed by atoms with Gasteiger partial charge < -0.3 is 10.4 Å². The Balaban J connectivity index is 2.35. The number of aliphatic carboxylic acids is 1. The number of aromatic nitrogens is 1. The Labute approximate surface area is 97.1 Å². The molecule has 0 bridgehead atoms. The van der Waals surface area contributed by atoms with Gasteiger partial charge in [-0.3, -0.25) is 14.6 Å². The van der Waals surface area contributed by atoms with Gasteiger partial charge in [0, 0.05) is 11.6 Å². The summed E-state index contributed by atoms with van der Waals surface area (Å²) in [5.41, 5.74) is 0.947. The van der Waals surface area contributed by atoms with E-state index in [1.54, 1.807) is 24.4 Å². The highest BCUT2D eigenvalue weighted by atomic mass is 16.4. The molecule has 0 unspecified atom stereocenters. The Kier molecular flexibility index (Phi) is 3.00. The maximum Gasteiger partial charge on any atom is 0.322 e. The molecule has 0 aliphatic heterocycles. The van der Waals surface area contributed by atoms with Crippen molar-refractivity contribution in [1.82, 2.24) is 10.3 Å². The molecule has 0 radical (unpaired) electrons. The van der Waals surface area contributed by atoms with Crippen LogP contribution in [0.5, 0.6) is 0 Å². The highest BCUT2D eigenvalue weighted by molar-refractivity contribution is 6.06. The van der Waals surface area contributed by atoms with Crippen molar-refractivity contribution in [3.05, 3.63) is 42.1 Å². The lowest BCUT2D eigenvalue weighted by atomic mass is 10.1. The van der Waals surface area contributed by atoms with E-state index in [-0.39, 0.29) is 0 Å². The molecule has 2 N–H and O–H groups in total. The van der Waals surface area contributed by atoms with Gasteiger partial charge in [0.25, 0.3) is 5.91 Å². The van der Waals surface area contributed by atoms with E-state index in [1.807, 2.05) is 12.1 Å². The van der Waals surface area contributed by atoms with Crippen LogP contribution >= 0.6 is 0 Å². The number of pyridine rings is 1. The van der Waals surface area contributed by atoms with E-state index in [2.05, 4.69) is 10.3 Å². The second-order valence-electron chi connectivity index (χ2n) is 3.46. The summed E-state index contributed by atoms with van der Waals surface area (Å²) in [6, 6.07) is 8.82. The quantitative estimate of drug-likeness (QED) is 0.826. The van der Waals surface area contributed by atoms with E-state index in [9.17, 15) is 9.59 Å². The first-order chi connectivity index (χ1) is 8.18. The number of rotatable bonds is 3. The minimum atomic E-state index is -1.08. The summed E-state index contributed by atoms with van der Waals surface area (Å²) in [6.45, 7) is -0.401. The molecule has 17 heavy (non-hydrogen) atoms. The van der Waals surface area contributed by atoms with Gasteiger partial charge in [0.2, 0.25) is 0 Å². The number of carbonyl (C=O) groups is 2. The van der Waals surface area contributed by atoms with E-state index in [0.29, 0.717) is 11.1 Å². The molecule has 0 saturated carbocycles. The highest BCUT2D eigenvalue weighted by Crippen LogP contribution is 2.15. The van der Waals surface area contributed by atoms with E-state index in [4.69, 9.17) is 5.11 Å². The number of carboxylic acids is 1. The zero-order valence-electron chi connectivity index (χ0n) is 8.88. The minimum absolute atomic E-state index is 0.379. The second-order valence-corrected chi connectivity index (χ2v) is 3.46. The zero-order chi connectivity index (χ0) is 12.3. The SMILES string of the molecule is O=C(O)CNC(=O)c1cccc2cccnc12. The van der Waals surface area contributed by atoms with Crippen molar-refractivity contribution < 1.29 is 14.7 Å². The molecular formula is C12H10N2O3. The summed E-state index contributed by atoms with van der Waals surface area (Å²) in [7, 11) is 0. The van der Waals surface area contributed by atoms with Crippen LogP contribution in [0.4, 0.5) is 0 Å². The molecule has 0 atom stereocenters. The Morgan fingerprint density at radius 3 is 2.76 bits per heavy atom. The first kappa shape index (κ1) is 11.1. The molecule has 86 valence electrons. The number of carboxylic acid groups (broad SMARTS) is 1. The minimum Gasteiger partial charge on any atom is -0.480 e.